The fourth-order valence-electron chi connectivity index (χ4n) is 2.69. The molecule has 0 spiro atoms. The van der Waals surface area contributed by atoms with Crippen LogP contribution in [0.1, 0.15) is 21.5 Å². The molecule has 28 heavy (non-hydrogen) atoms. The first-order valence-electron chi connectivity index (χ1n) is 8.99. The van der Waals surface area contributed by atoms with Gasteiger partial charge in [-0.2, -0.15) is 0 Å². The highest BCUT2D eigenvalue weighted by Gasteiger charge is 2.06. The summed E-state index contributed by atoms with van der Waals surface area (Å²) in [6, 6.07) is 18.9. The van der Waals surface area contributed by atoms with Gasteiger partial charge >= 0.3 is 0 Å². The molecule has 2 N–H and O–H groups in total. The van der Waals surface area contributed by atoms with Crippen LogP contribution < -0.4 is 15.4 Å². The van der Waals surface area contributed by atoms with Crippen LogP contribution in [-0.4, -0.2) is 24.5 Å². The number of aromatic nitrogens is 1. The molecule has 0 bridgehead atoms. The van der Waals surface area contributed by atoms with E-state index in [1.165, 1.54) is 0 Å². The number of amides is 1. The van der Waals surface area contributed by atoms with Crippen molar-refractivity contribution in [2.24, 2.45) is 0 Å². The molecule has 0 unspecified atom stereocenters. The lowest BCUT2D eigenvalue weighted by Gasteiger charge is -2.08. The number of rotatable bonds is 8. The van der Waals surface area contributed by atoms with Gasteiger partial charge in [0, 0.05) is 24.3 Å². The first-order valence-corrected chi connectivity index (χ1v) is 9.37. The molecule has 0 fully saturated rings. The van der Waals surface area contributed by atoms with Gasteiger partial charge in [0.1, 0.15) is 11.6 Å². The van der Waals surface area contributed by atoms with Crippen molar-refractivity contribution in [3.05, 3.63) is 88.6 Å². The fourth-order valence-corrected chi connectivity index (χ4v) is 2.90. The predicted molar refractivity (Wildman–Crippen MR) is 112 cm³/mol. The van der Waals surface area contributed by atoms with Crippen molar-refractivity contribution in [3.8, 4) is 5.75 Å². The second-order valence-corrected chi connectivity index (χ2v) is 6.71. The third-order valence-electron chi connectivity index (χ3n) is 4.25. The molecule has 1 amide bonds. The number of benzene rings is 2. The minimum atomic E-state index is -0.159. The maximum absolute atomic E-state index is 12.3. The Morgan fingerprint density at radius 3 is 2.57 bits per heavy atom. The standard InChI is InChI=1S/C22H22ClN3O2/c1-28-20-8-5-17(6-9-20)14-26-22(27)18-7-10-21(25-15-18)24-12-11-16-3-2-4-19(23)13-16/h2-10,13,15H,11-12,14H2,1H3,(H,24,25)(H,26,27). The molecule has 0 radical (unpaired) electrons. The summed E-state index contributed by atoms with van der Waals surface area (Å²) >= 11 is 5.99. The second kappa shape index (κ2) is 9.76. The summed E-state index contributed by atoms with van der Waals surface area (Å²) in [5.41, 5.74) is 2.69. The number of halogens is 1. The fraction of sp³-hybridized carbons (Fsp3) is 0.182. The zero-order valence-electron chi connectivity index (χ0n) is 15.6. The maximum Gasteiger partial charge on any atom is 0.253 e. The summed E-state index contributed by atoms with van der Waals surface area (Å²) in [5.74, 6) is 1.36. The van der Waals surface area contributed by atoms with Gasteiger partial charge in [0.05, 0.1) is 12.7 Å². The van der Waals surface area contributed by atoms with Crippen LogP contribution in [0.2, 0.25) is 5.02 Å². The Hall–Kier alpha value is -3.05. The molecule has 0 aliphatic heterocycles. The molecule has 0 atom stereocenters. The van der Waals surface area contributed by atoms with Crippen LogP contribution >= 0.6 is 11.6 Å². The molecule has 144 valence electrons. The van der Waals surface area contributed by atoms with Crippen LogP contribution in [0.25, 0.3) is 0 Å². The highest BCUT2D eigenvalue weighted by molar-refractivity contribution is 6.30. The Kier molecular flexibility index (Phi) is 6.87. The highest BCUT2D eigenvalue weighted by Crippen LogP contribution is 2.13. The SMILES string of the molecule is COc1ccc(CNC(=O)c2ccc(NCCc3cccc(Cl)c3)nc2)cc1. The van der Waals surface area contributed by atoms with Crippen molar-refractivity contribution >= 4 is 23.3 Å². The Bertz CT molecular complexity index is 912. The van der Waals surface area contributed by atoms with E-state index in [1.54, 1.807) is 25.4 Å². The number of ether oxygens (including phenoxy) is 1. The molecule has 2 aromatic carbocycles. The van der Waals surface area contributed by atoms with Crippen LogP contribution in [0, 0.1) is 0 Å². The number of methoxy groups -OCH3 is 1. The van der Waals surface area contributed by atoms with Gasteiger partial charge in [-0.15, -0.1) is 0 Å². The van der Waals surface area contributed by atoms with Gasteiger partial charge in [0.2, 0.25) is 0 Å². The van der Waals surface area contributed by atoms with E-state index in [2.05, 4.69) is 15.6 Å². The van der Waals surface area contributed by atoms with Crippen molar-refractivity contribution in [1.82, 2.24) is 10.3 Å². The number of anilines is 1. The van der Waals surface area contributed by atoms with Crippen LogP contribution in [-0.2, 0) is 13.0 Å². The quantitative estimate of drug-likeness (QED) is 0.596. The highest BCUT2D eigenvalue weighted by atomic mass is 35.5. The summed E-state index contributed by atoms with van der Waals surface area (Å²) < 4.78 is 5.13. The zero-order valence-corrected chi connectivity index (χ0v) is 16.4. The van der Waals surface area contributed by atoms with E-state index in [-0.39, 0.29) is 5.91 Å². The van der Waals surface area contributed by atoms with Gasteiger partial charge in [-0.05, 0) is 53.9 Å². The average Bonchev–Trinajstić information content (AvgIpc) is 2.73. The monoisotopic (exact) mass is 395 g/mol. The van der Waals surface area contributed by atoms with E-state index in [4.69, 9.17) is 16.3 Å². The minimum absolute atomic E-state index is 0.159. The largest absolute Gasteiger partial charge is 0.497 e. The van der Waals surface area contributed by atoms with Gasteiger partial charge in [-0.25, -0.2) is 4.98 Å². The van der Waals surface area contributed by atoms with Gasteiger partial charge in [0.25, 0.3) is 5.91 Å². The van der Waals surface area contributed by atoms with Crippen molar-refractivity contribution in [2.45, 2.75) is 13.0 Å². The van der Waals surface area contributed by atoms with E-state index >= 15 is 0 Å². The lowest BCUT2D eigenvalue weighted by molar-refractivity contribution is 0.0950. The normalized spacial score (nSPS) is 10.4. The van der Waals surface area contributed by atoms with Crippen molar-refractivity contribution in [2.75, 3.05) is 19.0 Å². The molecule has 3 rings (SSSR count). The molecule has 5 nitrogen and oxygen atoms in total. The lowest BCUT2D eigenvalue weighted by atomic mass is 10.1. The van der Waals surface area contributed by atoms with Crippen LogP contribution in [0.5, 0.6) is 5.75 Å². The van der Waals surface area contributed by atoms with Crippen LogP contribution in [0.4, 0.5) is 5.82 Å². The molecule has 1 heterocycles. The average molecular weight is 396 g/mol. The van der Waals surface area contributed by atoms with Gasteiger partial charge in [0.15, 0.2) is 0 Å². The molecule has 0 saturated heterocycles. The van der Waals surface area contributed by atoms with E-state index in [1.807, 2.05) is 48.5 Å². The van der Waals surface area contributed by atoms with Gasteiger partial charge < -0.3 is 15.4 Å². The number of carbonyl (C=O) groups is 1. The van der Waals surface area contributed by atoms with E-state index in [0.717, 1.165) is 40.7 Å². The lowest BCUT2D eigenvalue weighted by Crippen LogP contribution is -2.23. The molecule has 3 aromatic rings. The third kappa shape index (κ3) is 5.72. The topological polar surface area (TPSA) is 63.2 Å². The number of hydrogen-bond acceptors (Lipinski definition) is 4. The molecule has 6 heteroatoms. The van der Waals surface area contributed by atoms with Gasteiger partial charge in [-0.1, -0.05) is 35.9 Å². The number of carbonyl (C=O) groups excluding carboxylic acids is 1. The molecule has 1 aromatic heterocycles. The molecule has 0 saturated carbocycles. The zero-order chi connectivity index (χ0) is 19.8. The second-order valence-electron chi connectivity index (χ2n) is 6.27. The summed E-state index contributed by atoms with van der Waals surface area (Å²) in [6.45, 7) is 1.18. The number of hydrogen-bond donors (Lipinski definition) is 2. The van der Waals surface area contributed by atoms with E-state index < -0.39 is 0 Å². The first-order chi connectivity index (χ1) is 13.6. The Morgan fingerprint density at radius 1 is 1.07 bits per heavy atom. The summed E-state index contributed by atoms with van der Waals surface area (Å²) in [7, 11) is 1.62. The van der Waals surface area contributed by atoms with Crippen LogP contribution in [0.3, 0.4) is 0 Å². The molecule has 0 aliphatic carbocycles. The first kappa shape index (κ1) is 19.7. The van der Waals surface area contributed by atoms with Crippen molar-refractivity contribution < 1.29 is 9.53 Å². The predicted octanol–water partition coefficient (Wildman–Crippen LogP) is 4.33. The van der Waals surface area contributed by atoms with Crippen molar-refractivity contribution in [3.63, 3.8) is 0 Å². The maximum atomic E-state index is 12.3. The van der Waals surface area contributed by atoms with Crippen LogP contribution in [0.15, 0.2) is 66.9 Å². The third-order valence-corrected chi connectivity index (χ3v) is 4.48. The smallest absolute Gasteiger partial charge is 0.253 e. The summed E-state index contributed by atoms with van der Waals surface area (Å²) in [6.07, 6.45) is 2.41. The van der Waals surface area contributed by atoms with E-state index in [0.29, 0.717) is 12.1 Å². The minimum Gasteiger partial charge on any atom is -0.497 e. The number of nitrogens with one attached hydrogen (secondary N) is 2. The van der Waals surface area contributed by atoms with E-state index in [9.17, 15) is 4.79 Å². The Labute approximate surface area is 169 Å². The number of nitrogens with zero attached hydrogens (tertiary/aromatic N) is 1. The van der Waals surface area contributed by atoms with Crippen molar-refractivity contribution in [1.29, 1.82) is 0 Å². The molecular formula is C22H22ClN3O2. The Morgan fingerprint density at radius 2 is 1.89 bits per heavy atom. The molecule has 0 aliphatic rings. The Balaban J connectivity index is 1.46. The number of pyridine rings is 1. The summed E-state index contributed by atoms with van der Waals surface area (Å²) in [5, 5.41) is 6.88. The molecular weight excluding hydrogens is 374 g/mol. The summed E-state index contributed by atoms with van der Waals surface area (Å²) in [4.78, 5) is 16.6. The van der Waals surface area contributed by atoms with Gasteiger partial charge in [-0.3, -0.25) is 4.79 Å².